The number of para-hydroxylation sites is 1. The van der Waals surface area contributed by atoms with Gasteiger partial charge in [0, 0.05) is 5.69 Å². The van der Waals surface area contributed by atoms with Crippen molar-refractivity contribution in [1.82, 2.24) is 9.97 Å². The van der Waals surface area contributed by atoms with Crippen LogP contribution in [-0.2, 0) is 4.79 Å². The van der Waals surface area contributed by atoms with Gasteiger partial charge in [-0.2, -0.15) is 0 Å². The van der Waals surface area contributed by atoms with Crippen molar-refractivity contribution >= 4 is 40.4 Å². The molecule has 0 unspecified atom stereocenters. The molecule has 0 fully saturated rings. The van der Waals surface area contributed by atoms with Gasteiger partial charge in [-0.05, 0) is 37.3 Å². The molecule has 0 radical (unpaired) electrons. The summed E-state index contributed by atoms with van der Waals surface area (Å²) in [7, 11) is 0. The highest BCUT2D eigenvalue weighted by Gasteiger charge is 2.17. The van der Waals surface area contributed by atoms with Gasteiger partial charge in [0.1, 0.15) is 0 Å². The Bertz CT molecular complexity index is 892. The Morgan fingerprint density at radius 1 is 1.21 bits per heavy atom. The Morgan fingerprint density at radius 2 is 1.96 bits per heavy atom. The molecule has 122 valence electrons. The lowest BCUT2D eigenvalue weighted by molar-refractivity contribution is -0.115. The maximum absolute atomic E-state index is 12.2. The first-order valence-electron chi connectivity index (χ1n) is 7.28. The number of anilines is 1. The molecule has 0 aliphatic heterocycles. The molecule has 0 saturated carbocycles. The molecule has 1 amide bonds. The summed E-state index contributed by atoms with van der Waals surface area (Å²) in [5.41, 5.74) is 2.23. The van der Waals surface area contributed by atoms with Gasteiger partial charge in [0.2, 0.25) is 5.91 Å². The molecule has 3 N–H and O–H groups in total. The summed E-state index contributed by atoms with van der Waals surface area (Å²) in [5, 5.41) is 12.1. The van der Waals surface area contributed by atoms with E-state index < -0.39 is 5.97 Å². The van der Waals surface area contributed by atoms with Crippen LogP contribution in [0.4, 0.5) is 5.69 Å². The number of rotatable bonds is 5. The fourth-order valence-electron chi connectivity index (χ4n) is 2.16. The largest absolute Gasteiger partial charge is 0.478 e. The third kappa shape index (κ3) is 3.57. The summed E-state index contributed by atoms with van der Waals surface area (Å²) in [5.74, 6) is -1.12. The molecule has 24 heavy (non-hydrogen) atoms. The first-order chi connectivity index (χ1) is 11.5. The minimum Gasteiger partial charge on any atom is -0.478 e. The summed E-state index contributed by atoms with van der Waals surface area (Å²) in [6.07, 6.45) is 0. The van der Waals surface area contributed by atoms with Gasteiger partial charge >= 0.3 is 5.97 Å². The van der Waals surface area contributed by atoms with E-state index in [1.807, 2.05) is 30.3 Å². The van der Waals surface area contributed by atoms with E-state index in [0.717, 1.165) is 5.69 Å². The van der Waals surface area contributed by atoms with Crippen LogP contribution < -0.4 is 5.32 Å². The second-order valence-electron chi connectivity index (χ2n) is 5.19. The van der Waals surface area contributed by atoms with Crippen LogP contribution in [0.5, 0.6) is 0 Å². The van der Waals surface area contributed by atoms with Crippen molar-refractivity contribution in [2.45, 2.75) is 17.3 Å². The lowest BCUT2D eigenvalue weighted by Crippen LogP contribution is -2.22. The molecule has 0 bridgehead atoms. The average molecular weight is 341 g/mol. The van der Waals surface area contributed by atoms with Gasteiger partial charge in [0.05, 0.1) is 21.8 Å². The Kier molecular flexibility index (Phi) is 4.52. The smallest absolute Gasteiger partial charge is 0.335 e. The van der Waals surface area contributed by atoms with Crippen molar-refractivity contribution < 1.29 is 14.7 Å². The predicted octanol–water partition coefficient (Wildman–Crippen LogP) is 3.38. The lowest BCUT2D eigenvalue weighted by atomic mass is 10.2. The second kappa shape index (κ2) is 6.76. The first-order valence-corrected chi connectivity index (χ1v) is 8.16. The Morgan fingerprint density at radius 3 is 2.67 bits per heavy atom. The van der Waals surface area contributed by atoms with Crippen LogP contribution in [0.1, 0.15) is 17.3 Å². The highest BCUT2D eigenvalue weighted by Crippen LogP contribution is 2.25. The number of benzene rings is 2. The number of fused-ring (bicyclic) bond motifs is 1. The molecule has 7 heteroatoms. The van der Waals surface area contributed by atoms with Gasteiger partial charge in [-0.1, -0.05) is 30.0 Å². The van der Waals surface area contributed by atoms with E-state index >= 15 is 0 Å². The zero-order valence-corrected chi connectivity index (χ0v) is 13.6. The summed E-state index contributed by atoms with van der Waals surface area (Å²) < 4.78 is 0. The number of imidazole rings is 1. The number of H-pyrrole nitrogens is 1. The van der Waals surface area contributed by atoms with Gasteiger partial charge in [-0.25, -0.2) is 9.78 Å². The van der Waals surface area contributed by atoms with Crippen LogP contribution in [0, 0.1) is 0 Å². The van der Waals surface area contributed by atoms with E-state index in [2.05, 4.69) is 15.3 Å². The highest BCUT2D eigenvalue weighted by atomic mass is 32.2. The first kappa shape index (κ1) is 16.1. The van der Waals surface area contributed by atoms with Crippen LogP contribution in [0.3, 0.4) is 0 Å². The number of thioether (sulfide) groups is 1. The van der Waals surface area contributed by atoms with Crippen molar-refractivity contribution in [2.75, 3.05) is 5.32 Å². The van der Waals surface area contributed by atoms with Crippen LogP contribution in [0.15, 0.2) is 53.7 Å². The SMILES string of the molecule is C[C@H](Sc1nc2ccc(C(=O)O)cc2[nH]1)C(=O)Nc1ccccc1. The number of aromatic carboxylic acids is 1. The predicted molar refractivity (Wildman–Crippen MR) is 93.4 cm³/mol. The summed E-state index contributed by atoms with van der Waals surface area (Å²) in [4.78, 5) is 30.6. The van der Waals surface area contributed by atoms with Gasteiger partial charge < -0.3 is 15.4 Å². The number of carboxylic acid groups (broad SMARTS) is 1. The molecule has 0 aliphatic rings. The van der Waals surface area contributed by atoms with Gasteiger partial charge in [-0.3, -0.25) is 4.79 Å². The number of aromatic nitrogens is 2. The molecular weight excluding hydrogens is 326 g/mol. The van der Waals surface area contributed by atoms with Crippen LogP contribution in [-0.4, -0.2) is 32.2 Å². The Balaban J connectivity index is 1.71. The molecule has 1 heterocycles. The van der Waals surface area contributed by atoms with E-state index in [4.69, 9.17) is 5.11 Å². The van der Waals surface area contributed by atoms with E-state index in [9.17, 15) is 9.59 Å². The van der Waals surface area contributed by atoms with Crippen LogP contribution in [0.2, 0.25) is 0 Å². The zero-order chi connectivity index (χ0) is 17.1. The number of carbonyl (C=O) groups excluding carboxylic acids is 1. The maximum atomic E-state index is 12.2. The Hall–Kier alpha value is -2.80. The number of amides is 1. The summed E-state index contributed by atoms with van der Waals surface area (Å²) in [6.45, 7) is 1.79. The number of carbonyl (C=O) groups is 2. The van der Waals surface area contributed by atoms with E-state index in [0.29, 0.717) is 16.2 Å². The molecular formula is C17H15N3O3S. The summed E-state index contributed by atoms with van der Waals surface area (Å²) in [6, 6.07) is 13.9. The topological polar surface area (TPSA) is 95.1 Å². The van der Waals surface area contributed by atoms with Crippen molar-refractivity contribution in [1.29, 1.82) is 0 Å². The van der Waals surface area contributed by atoms with Crippen molar-refractivity contribution in [3.05, 3.63) is 54.1 Å². The highest BCUT2D eigenvalue weighted by molar-refractivity contribution is 8.00. The minimum absolute atomic E-state index is 0.127. The Labute approximate surface area is 142 Å². The summed E-state index contributed by atoms with van der Waals surface area (Å²) >= 11 is 1.28. The fourth-order valence-corrected chi connectivity index (χ4v) is 2.98. The van der Waals surface area contributed by atoms with Crippen LogP contribution in [0.25, 0.3) is 11.0 Å². The number of aromatic amines is 1. The van der Waals surface area contributed by atoms with Gasteiger partial charge in [0.15, 0.2) is 5.16 Å². The molecule has 6 nitrogen and oxygen atoms in total. The maximum Gasteiger partial charge on any atom is 0.335 e. The monoisotopic (exact) mass is 341 g/mol. The lowest BCUT2D eigenvalue weighted by Gasteiger charge is -2.10. The minimum atomic E-state index is -0.990. The van der Waals surface area contributed by atoms with Crippen molar-refractivity contribution in [2.24, 2.45) is 0 Å². The number of hydrogen-bond donors (Lipinski definition) is 3. The molecule has 1 aromatic heterocycles. The standard InChI is InChI=1S/C17H15N3O3S/c1-10(15(21)18-12-5-3-2-4-6-12)24-17-19-13-8-7-11(16(22)23)9-14(13)20-17/h2-10H,1H3,(H,18,21)(H,19,20)(H,22,23)/t10-/m0/s1. The number of hydrogen-bond acceptors (Lipinski definition) is 4. The molecule has 0 aliphatic carbocycles. The van der Waals surface area contributed by atoms with Gasteiger partial charge in [0.25, 0.3) is 0 Å². The van der Waals surface area contributed by atoms with Crippen molar-refractivity contribution in [3.8, 4) is 0 Å². The second-order valence-corrected chi connectivity index (χ2v) is 6.52. The number of nitrogens with zero attached hydrogens (tertiary/aromatic N) is 1. The number of nitrogens with one attached hydrogen (secondary N) is 2. The van der Waals surface area contributed by atoms with E-state index in [1.54, 1.807) is 13.0 Å². The fraction of sp³-hybridized carbons (Fsp3) is 0.118. The van der Waals surface area contributed by atoms with Gasteiger partial charge in [-0.15, -0.1) is 0 Å². The molecule has 3 aromatic rings. The molecule has 2 aromatic carbocycles. The zero-order valence-electron chi connectivity index (χ0n) is 12.8. The van der Waals surface area contributed by atoms with E-state index in [-0.39, 0.29) is 16.7 Å². The molecule has 3 rings (SSSR count). The average Bonchev–Trinajstić information content (AvgIpc) is 2.96. The van der Waals surface area contributed by atoms with Crippen LogP contribution >= 0.6 is 11.8 Å². The molecule has 0 spiro atoms. The number of carboxylic acids is 1. The molecule has 0 saturated heterocycles. The normalized spacial score (nSPS) is 12.0. The third-order valence-electron chi connectivity index (χ3n) is 3.41. The van der Waals surface area contributed by atoms with Crippen molar-refractivity contribution in [3.63, 3.8) is 0 Å². The third-order valence-corrected chi connectivity index (χ3v) is 4.39. The van der Waals surface area contributed by atoms with E-state index in [1.165, 1.54) is 23.9 Å². The molecule has 1 atom stereocenters. The quantitative estimate of drug-likeness (QED) is 0.618.